The van der Waals surface area contributed by atoms with Crippen LogP contribution in [0.1, 0.15) is 45.4 Å². The van der Waals surface area contributed by atoms with Gasteiger partial charge in [-0.25, -0.2) is 13.8 Å². The molecule has 3 rings (SSSR count). The Hall–Kier alpha value is -2.47. The zero-order chi connectivity index (χ0) is 20.5. The van der Waals surface area contributed by atoms with Crippen molar-refractivity contribution in [2.45, 2.75) is 45.4 Å². The molecule has 1 N–H and O–H groups in total. The van der Waals surface area contributed by atoms with Crippen LogP contribution in [0.2, 0.25) is 0 Å². The van der Waals surface area contributed by atoms with Crippen molar-refractivity contribution in [3.63, 3.8) is 0 Å². The summed E-state index contributed by atoms with van der Waals surface area (Å²) in [6, 6.07) is 11.5. The topological polar surface area (TPSA) is 34.1 Å². The van der Waals surface area contributed by atoms with Gasteiger partial charge in [0.15, 0.2) is 16.8 Å². The molecule has 3 aromatic rings. The third kappa shape index (κ3) is 6.53. The molecule has 3 nitrogen and oxygen atoms in total. The number of thiazole rings is 1. The van der Waals surface area contributed by atoms with Gasteiger partial charge in [-0.05, 0) is 48.9 Å². The summed E-state index contributed by atoms with van der Waals surface area (Å²) in [5, 5.41) is 5.73. The molecule has 0 amide bonds. The van der Waals surface area contributed by atoms with Gasteiger partial charge < -0.3 is 10.1 Å². The first-order chi connectivity index (χ1) is 14.2. The molecule has 0 aliphatic heterocycles. The van der Waals surface area contributed by atoms with E-state index in [4.69, 9.17) is 4.74 Å². The maximum Gasteiger partial charge on any atom is 0.187 e. The quantitative estimate of drug-likeness (QED) is 0.327. The third-order valence-electron chi connectivity index (χ3n) is 4.59. The van der Waals surface area contributed by atoms with Gasteiger partial charge in [-0.15, -0.1) is 11.3 Å². The summed E-state index contributed by atoms with van der Waals surface area (Å²) in [5.41, 5.74) is 2.05. The van der Waals surface area contributed by atoms with Crippen molar-refractivity contribution in [2.24, 2.45) is 0 Å². The normalized spacial score (nSPS) is 10.9. The van der Waals surface area contributed by atoms with Crippen molar-refractivity contribution in [1.29, 1.82) is 0 Å². The number of ether oxygens (including phenoxy) is 1. The van der Waals surface area contributed by atoms with Gasteiger partial charge in [0.05, 0.1) is 12.3 Å². The van der Waals surface area contributed by atoms with Crippen molar-refractivity contribution >= 4 is 22.2 Å². The number of hydrogen-bond donors (Lipinski definition) is 1. The highest BCUT2D eigenvalue weighted by molar-refractivity contribution is 7.14. The van der Waals surface area contributed by atoms with E-state index in [2.05, 4.69) is 17.2 Å². The number of nitrogens with zero attached hydrogens (tertiary/aromatic N) is 1. The second-order valence-electron chi connectivity index (χ2n) is 6.93. The van der Waals surface area contributed by atoms with Crippen LogP contribution < -0.4 is 10.1 Å². The van der Waals surface area contributed by atoms with Crippen LogP contribution in [0.3, 0.4) is 0 Å². The highest BCUT2D eigenvalue weighted by atomic mass is 32.1. The van der Waals surface area contributed by atoms with E-state index in [1.165, 1.54) is 49.5 Å². The first kappa shape index (κ1) is 21.2. The SMILES string of the molecule is CCCCCCCCOc1ccc(Nc2nc(-c3ccc(F)c(F)c3)cs2)cc1. The Labute approximate surface area is 174 Å². The smallest absolute Gasteiger partial charge is 0.187 e. The highest BCUT2D eigenvalue weighted by Gasteiger charge is 2.08. The highest BCUT2D eigenvalue weighted by Crippen LogP contribution is 2.28. The molecule has 0 atom stereocenters. The van der Waals surface area contributed by atoms with E-state index in [1.54, 1.807) is 0 Å². The summed E-state index contributed by atoms with van der Waals surface area (Å²) < 4.78 is 32.3. The summed E-state index contributed by atoms with van der Waals surface area (Å²) in [5.74, 6) is -0.881. The number of nitrogens with one attached hydrogen (secondary N) is 1. The van der Waals surface area contributed by atoms with Gasteiger partial charge in [0.25, 0.3) is 0 Å². The second kappa shape index (κ2) is 10.9. The molecule has 0 spiro atoms. The molecule has 0 unspecified atom stereocenters. The average Bonchev–Trinajstić information content (AvgIpc) is 3.19. The number of unbranched alkanes of at least 4 members (excludes halogenated alkanes) is 5. The van der Waals surface area contributed by atoms with E-state index >= 15 is 0 Å². The van der Waals surface area contributed by atoms with Crippen LogP contribution in [-0.2, 0) is 0 Å². The van der Waals surface area contributed by atoms with Crippen molar-refractivity contribution in [1.82, 2.24) is 4.98 Å². The number of aromatic nitrogens is 1. The van der Waals surface area contributed by atoms with Crippen LogP contribution in [0.15, 0.2) is 47.8 Å². The van der Waals surface area contributed by atoms with Crippen molar-refractivity contribution in [2.75, 3.05) is 11.9 Å². The molecule has 0 saturated heterocycles. The van der Waals surface area contributed by atoms with E-state index in [9.17, 15) is 8.78 Å². The summed E-state index contributed by atoms with van der Waals surface area (Å²) >= 11 is 1.41. The van der Waals surface area contributed by atoms with E-state index in [1.807, 2.05) is 29.6 Å². The number of anilines is 2. The maximum atomic E-state index is 13.4. The lowest BCUT2D eigenvalue weighted by atomic mass is 10.1. The Morgan fingerprint density at radius 1 is 0.931 bits per heavy atom. The number of benzene rings is 2. The minimum Gasteiger partial charge on any atom is -0.494 e. The lowest BCUT2D eigenvalue weighted by molar-refractivity contribution is 0.304. The van der Waals surface area contributed by atoms with E-state index < -0.39 is 11.6 Å². The molecule has 1 heterocycles. The van der Waals surface area contributed by atoms with Crippen molar-refractivity contribution < 1.29 is 13.5 Å². The minimum atomic E-state index is -0.874. The molecular weight excluding hydrogens is 390 g/mol. The molecule has 1 aromatic heterocycles. The molecule has 0 fully saturated rings. The Kier molecular flexibility index (Phi) is 7.99. The predicted molar refractivity (Wildman–Crippen MR) is 116 cm³/mol. The lowest BCUT2D eigenvalue weighted by Crippen LogP contribution is -1.97. The van der Waals surface area contributed by atoms with E-state index in [0.29, 0.717) is 16.4 Å². The van der Waals surface area contributed by atoms with Crippen LogP contribution in [0, 0.1) is 11.6 Å². The zero-order valence-corrected chi connectivity index (χ0v) is 17.4. The van der Waals surface area contributed by atoms with Crippen LogP contribution in [0.25, 0.3) is 11.3 Å². The molecule has 6 heteroatoms. The Morgan fingerprint density at radius 2 is 1.69 bits per heavy atom. The second-order valence-corrected chi connectivity index (χ2v) is 7.79. The Bertz CT molecular complexity index is 896. The number of hydrogen-bond acceptors (Lipinski definition) is 4. The third-order valence-corrected chi connectivity index (χ3v) is 5.35. The zero-order valence-electron chi connectivity index (χ0n) is 16.6. The van der Waals surface area contributed by atoms with Gasteiger partial charge in [0, 0.05) is 16.6 Å². The first-order valence-corrected chi connectivity index (χ1v) is 10.9. The van der Waals surface area contributed by atoms with Gasteiger partial charge in [-0.1, -0.05) is 39.0 Å². The largest absolute Gasteiger partial charge is 0.494 e. The number of rotatable bonds is 11. The molecule has 0 aliphatic carbocycles. The molecule has 0 saturated carbocycles. The summed E-state index contributed by atoms with van der Waals surface area (Å²) in [7, 11) is 0. The van der Waals surface area contributed by atoms with Crippen molar-refractivity contribution in [3.05, 3.63) is 59.5 Å². The summed E-state index contributed by atoms with van der Waals surface area (Å²) in [6.45, 7) is 2.96. The Morgan fingerprint density at radius 3 is 2.45 bits per heavy atom. The van der Waals surface area contributed by atoms with Crippen LogP contribution in [0.5, 0.6) is 5.75 Å². The molecule has 154 valence electrons. The van der Waals surface area contributed by atoms with Gasteiger partial charge in [-0.2, -0.15) is 0 Å². The molecule has 0 radical (unpaired) electrons. The fourth-order valence-electron chi connectivity index (χ4n) is 2.95. The first-order valence-electron chi connectivity index (χ1n) is 10.1. The van der Waals surface area contributed by atoms with Crippen LogP contribution in [0.4, 0.5) is 19.6 Å². The summed E-state index contributed by atoms with van der Waals surface area (Å²) in [4.78, 5) is 4.45. The van der Waals surface area contributed by atoms with E-state index in [0.717, 1.165) is 36.6 Å². The predicted octanol–water partition coefficient (Wildman–Crippen LogP) is 7.57. The fourth-order valence-corrected chi connectivity index (χ4v) is 3.69. The van der Waals surface area contributed by atoms with Gasteiger partial charge in [0.1, 0.15) is 5.75 Å². The fraction of sp³-hybridized carbons (Fsp3) is 0.348. The monoisotopic (exact) mass is 416 g/mol. The standard InChI is InChI=1S/C23H26F2N2OS/c1-2-3-4-5-6-7-14-28-19-11-9-18(10-12-19)26-23-27-22(16-29-23)17-8-13-20(24)21(25)15-17/h8-13,15-16H,2-7,14H2,1H3,(H,26,27). The van der Waals surface area contributed by atoms with Crippen LogP contribution in [-0.4, -0.2) is 11.6 Å². The van der Waals surface area contributed by atoms with Crippen LogP contribution >= 0.6 is 11.3 Å². The summed E-state index contributed by atoms with van der Waals surface area (Å²) in [6.07, 6.45) is 7.46. The van der Waals surface area contributed by atoms with E-state index in [-0.39, 0.29) is 0 Å². The van der Waals surface area contributed by atoms with Gasteiger partial charge >= 0.3 is 0 Å². The number of halogens is 2. The van der Waals surface area contributed by atoms with Gasteiger partial charge in [0.2, 0.25) is 0 Å². The average molecular weight is 417 g/mol. The van der Waals surface area contributed by atoms with Gasteiger partial charge in [-0.3, -0.25) is 0 Å². The molecule has 29 heavy (non-hydrogen) atoms. The molecule has 0 aliphatic rings. The minimum absolute atomic E-state index is 0.548. The molecular formula is C23H26F2N2OS. The Balaban J connectivity index is 1.47. The van der Waals surface area contributed by atoms with Crippen molar-refractivity contribution in [3.8, 4) is 17.0 Å². The molecule has 2 aromatic carbocycles. The molecule has 0 bridgehead atoms. The lowest BCUT2D eigenvalue weighted by Gasteiger charge is -2.08. The maximum absolute atomic E-state index is 13.4.